The van der Waals surface area contributed by atoms with Crippen LogP contribution in [0.25, 0.3) is 0 Å². The summed E-state index contributed by atoms with van der Waals surface area (Å²) in [5.74, 6) is -1.95. The van der Waals surface area contributed by atoms with Crippen molar-refractivity contribution in [2.75, 3.05) is 0 Å². The van der Waals surface area contributed by atoms with Gasteiger partial charge in [0.1, 0.15) is 0 Å². The first kappa shape index (κ1) is 19.8. The van der Waals surface area contributed by atoms with Gasteiger partial charge in [-0.1, -0.05) is 12.1 Å². The van der Waals surface area contributed by atoms with Crippen LogP contribution in [-0.4, -0.2) is 18.3 Å². The third-order valence-corrected chi connectivity index (χ3v) is 4.62. The van der Waals surface area contributed by atoms with Gasteiger partial charge in [-0.3, -0.25) is 20.2 Å². The first-order chi connectivity index (χ1) is 10.6. The first-order valence-corrected chi connectivity index (χ1v) is 7.29. The van der Waals surface area contributed by atoms with Gasteiger partial charge in [0, 0.05) is 12.1 Å². The van der Waals surface area contributed by atoms with Gasteiger partial charge in [0.05, 0.1) is 19.6 Å². The van der Waals surface area contributed by atoms with Gasteiger partial charge >= 0.3 is 29.6 Å². The molecule has 0 heterocycles. The number of rotatable bonds is 4. The van der Waals surface area contributed by atoms with Crippen molar-refractivity contribution in [3.63, 3.8) is 0 Å². The molecule has 10 nitrogen and oxygen atoms in total. The molecule has 0 aliphatic heterocycles. The summed E-state index contributed by atoms with van der Waals surface area (Å²) in [6.07, 6.45) is 0. The molecule has 120 valence electrons. The van der Waals surface area contributed by atoms with Gasteiger partial charge in [0.15, 0.2) is 0 Å². The Balaban J connectivity index is 0.00000288. The molecule has 2 aromatic rings. The van der Waals surface area contributed by atoms with Crippen LogP contribution in [0.2, 0.25) is 0 Å². The number of hydrogen-bond acceptors (Lipinski definition) is 8. The average Bonchev–Trinajstić information content (AvgIpc) is 2.47. The van der Waals surface area contributed by atoms with Gasteiger partial charge in [-0.15, -0.1) is 0 Å². The Bertz CT molecular complexity index is 859. The minimum Gasteiger partial charge on any atom is -0.868 e. The molecule has 0 fully saturated rings. The fourth-order valence-corrected chi connectivity index (χ4v) is 3.05. The van der Waals surface area contributed by atoms with E-state index in [9.17, 15) is 38.9 Å². The number of nitrogens with zero attached hydrogens (tertiary/aromatic N) is 2. The second kappa shape index (κ2) is 7.13. The van der Waals surface area contributed by atoms with Crippen molar-refractivity contribution in [1.82, 2.24) is 0 Å². The van der Waals surface area contributed by atoms with E-state index in [1.807, 2.05) is 0 Å². The summed E-state index contributed by atoms with van der Waals surface area (Å²) in [4.78, 5) is 18.2. The molecule has 2 rings (SSSR count). The van der Waals surface area contributed by atoms with Gasteiger partial charge < -0.3 is 10.2 Å². The smallest absolute Gasteiger partial charge is 0.868 e. The largest absolute Gasteiger partial charge is 1.00 e. The third-order valence-electron chi connectivity index (χ3n) is 2.87. The number of benzene rings is 2. The van der Waals surface area contributed by atoms with Gasteiger partial charge in [0.25, 0.3) is 11.4 Å². The van der Waals surface area contributed by atoms with Crippen LogP contribution in [0.3, 0.4) is 0 Å². The van der Waals surface area contributed by atoms with Crippen molar-refractivity contribution in [3.05, 3.63) is 56.6 Å². The molecule has 12 heteroatoms. The maximum atomic E-state index is 12.4. The standard InChI is InChI=1S/C12H8N2O8S.Na/c15-11-3-1-7(5-9(11)13(17)18)23(21,22)8-2-4-12(16)10(6-8)14(19)20;/h1-6,15-16H;/q;+1/p-2. The second-order valence-electron chi connectivity index (χ2n) is 4.28. The van der Waals surface area contributed by atoms with Crippen molar-refractivity contribution >= 4 is 21.2 Å². The van der Waals surface area contributed by atoms with Gasteiger partial charge in [0.2, 0.25) is 9.84 Å². The predicted molar refractivity (Wildman–Crippen MR) is 70.5 cm³/mol. The van der Waals surface area contributed by atoms with Gasteiger partial charge in [-0.2, -0.15) is 0 Å². The normalized spacial score (nSPS) is 10.7. The molecule has 0 N–H and O–H groups in total. The van der Waals surface area contributed by atoms with Crippen LogP contribution in [0, 0.1) is 20.2 Å². The molecule has 0 radical (unpaired) electrons. The molecule has 0 unspecified atom stereocenters. The van der Waals surface area contributed by atoms with Crippen molar-refractivity contribution < 1.29 is 58.0 Å². The summed E-state index contributed by atoms with van der Waals surface area (Å²) in [7, 11) is -4.37. The molecule has 0 saturated heterocycles. The third kappa shape index (κ3) is 3.64. The molecule has 0 spiro atoms. The maximum Gasteiger partial charge on any atom is 1.00 e. The Hall–Kier alpha value is -2.21. The van der Waals surface area contributed by atoms with Crippen LogP contribution < -0.4 is 39.8 Å². The Kier molecular flexibility index (Phi) is 5.89. The van der Waals surface area contributed by atoms with Crippen molar-refractivity contribution in [1.29, 1.82) is 0 Å². The van der Waals surface area contributed by atoms with E-state index in [1.54, 1.807) is 0 Å². The van der Waals surface area contributed by atoms with Crippen LogP contribution >= 0.6 is 0 Å². The molecule has 0 saturated carbocycles. The fraction of sp³-hybridized carbons (Fsp3) is 0. The molecule has 2 aromatic carbocycles. The summed E-state index contributed by atoms with van der Waals surface area (Å²) in [5, 5.41) is 44.0. The van der Waals surface area contributed by atoms with E-state index in [4.69, 9.17) is 0 Å². The number of nitro groups is 2. The molecular formula is C12H6N2NaO8S-. The number of hydrogen-bond donors (Lipinski definition) is 0. The number of sulfone groups is 1. The van der Waals surface area contributed by atoms with Crippen molar-refractivity contribution in [2.24, 2.45) is 0 Å². The van der Waals surface area contributed by atoms with Crippen LogP contribution in [0.5, 0.6) is 11.5 Å². The molecule has 0 atom stereocenters. The molecule has 0 aromatic heterocycles. The van der Waals surface area contributed by atoms with E-state index >= 15 is 0 Å². The molecule has 0 aliphatic carbocycles. The van der Waals surface area contributed by atoms with Crippen LogP contribution in [-0.2, 0) is 9.84 Å². The van der Waals surface area contributed by atoms with E-state index < -0.39 is 52.3 Å². The van der Waals surface area contributed by atoms with E-state index in [0.717, 1.165) is 12.1 Å². The molecule has 0 amide bonds. The Morgan fingerprint density at radius 2 is 1.08 bits per heavy atom. The van der Waals surface area contributed by atoms with E-state index in [0.29, 0.717) is 24.3 Å². The summed E-state index contributed by atoms with van der Waals surface area (Å²) in [6, 6.07) is 4.25. The SMILES string of the molecule is O=[N+]([O-])c1cc(S(=O)(=O)c2ccc([O-])c([N+](=O)[O-])c2)ccc1[O-].[Na+]. The molecular weight excluding hydrogens is 355 g/mol. The molecule has 24 heavy (non-hydrogen) atoms. The summed E-state index contributed by atoms with van der Waals surface area (Å²) in [5.41, 5.74) is -1.89. The minimum absolute atomic E-state index is 0. The number of nitro benzene ring substituents is 2. The van der Waals surface area contributed by atoms with Gasteiger partial charge in [-0.25, -0.2) is 8.42 Å². The van der Waals surface area contributed by atoms with Crippen molar-refractivity contribution in [2.45, 2.75) is 9.79 Å². The Labute approximate surface area is 156 Å². The Morgan fingerprint density at radius 3 is 1.38 bits per heavy atom. The maximum absolute atomic E-state index is 12.4. The van der Waals surface area contributed by atoms with E-state index in [1.165, 1.54) is 0 Å². The summed E-state index contributed by atoms with van der Waals surface area (Å²) in [6.45, 7) is 0. The minimum atomic E-state index is -4.37. The zero-order chi connectivity index (χ0) is 17.4. The molecule has 0 aliphatic rings. The van der Waals surface area contributed by atoms with E-state index in [-0.39, 0.29) is 29.6 Å². The fourth-order valence-electron chi connectivity index (χ4n) is 1.75. The van der Waals surface area contributed by atoms with E-state index in [2.05, 4.69) is 0 Å². The monoisotopic (exact) mass is 361 g/mol. The Morgan fingerprint density at radius 1 is 0.750 bits per heavy atom. The van der Waals surface area contributed by atoms with Crippen LogP contribution in [0.4, 0.5) is 11.4 Å². The topological polar surface area (TPSA) is 167 Å². The van der Waals surface area contributed by atoms with Crippen LogP contribution in [0.1, 0.15) is 0 Å². The quantitative estimate of drug-likeness (QED) is 0.327. The average molecular weight is 361 g/mol. The first-order valence-electron chi connectivity index (χ1n) is 5.80. The van der Waals surface area contributed by atoms with Crippen LogP contribution in [0.15, 0.2) is 46.2 Å². The second-order valence-corrected chi connectivity index (χ2v) is 6.23. The van der Waals surface area contributed by atoms with Crippen molar-refractivity contribution in [3.8, 4) is 11.5 Å². The summed E-state index contributed by atoms with van der Waals surface area (Å²) < 4.78 is 24.7. The zero-order valence-corrected chi connectivity index (χ0v) is 14.8. The predicted octanol–water partition coefficient (Wildman–Crippen LogP) is -2.51. The zero-order valence-electron chi connectivity index (χ0n) is 12.0. The molecule has 0 bridgehead atoms. The van der Waals surface area contributed by atoms with Gasteiger partial charge in [-0.05, 0) is 23.6 Å². The summed E-state index contributed by atoms with van der Waals surface area (Å²) >= 11 is 0.